The number of aryl methyl sites for hydroxylation is 1. The smallest absolute Gasteiger partial charge is 0.0991 e. The lowest BCUT2D eigenvalue weighted by molar-refractivity contribution is 1.25. The summed E-state index contributed by atoms with van der Waals surface area (Å²) in [7, 11) is 0. The molecule has 2 rings (SSSR count). The fourth-order valence-corrected chi connectivity index (χ4v) is 1.89. The van der Waals surface area contributed by atoms with Crippen LogP contribution in [0.5, 0.6) is 0 Å². The number of hydrogen-bond acceptors (Lipinski definition) is 1. The molecule has 0 bridgehead atoms. The Morgan fingerprint density at radius 1 is 1.05 bits per heavy atom. The summed E-state index contributed by atoms with van der Waals surface area (Å²) >= 11 is 0. The van der Waals surface area contributed by atoms with E-state index in [0.29, 0.717) is 5.57 Å². The van der Waals surface area contributed by atoms with Gasteiger partial charge in [-0.3, -0.25) is 0 Å². The lowest BCUT2D eigenvalue weighted by Gasteiger charge is -1.97. The number of rotatable bonds is 4. The van der Waals surface area contributed by atoms with Crippen LogP contribution in [0.2, 0.25) is 0 Å². The molecule has 0 aliphatic carbocycles. The van der Waals surface area contributed by atoms with E-state index in [0.717, 1.165) is 12.0 Å². The van der Waals surface area contributed by atoms with Gasteiger partial charge in [-0.1, -0.05) is 66.2 Å². The first-order valence-corrected chi connectivity index (χ1v) is 6.67. The van der Waals surface area contributed by atoms with Crippen LogP contribution in [0.1, 0.15) is 16.7 Å². The molecule has 2 aromatic rings. The van der Waals surface area contributed by atoms with Crippen molar-refractivity contribution >= 4 is 6.08 Å². The third-order valence-electron chi connectivity index (χ3n) is 3.02. The molecule has 0 aliphatic heterocycles. The Bertz CT molecular complexity index is 640. The second-order valence-electron chi connectivity index (χ2n) is 4.71. The van der Waals surface area contributed by atoms with Crippen molar-refractivity contribution in [3.05, 3.63) is 89.0 Å². The maximum Gasteiger partial charge on any atom is 0.0991 e. The molecule has 0 saturated carbocycles. The molecule has 0 atom stereocenters. The van der Waals surface area contributed by atoms with Crippen molar-refractivity contribution in [2.24, 2.45) is 0 Å². The van der Waals surface area contributed by atoms with E-state index in [-0.39, 0.29) is 0 Å². The third kappa shape index (κ3) is 4.26. The summed E-state index contributed by atoms with van der Waals surface area (Å²) in [5, 5.41) is 9.15. The molecule has 0 radical (unpaired) electrons. The first kappa shape index (κ1) is 13.8. The third-order valence-corrected chi connectivity index (χ3v) is 3.02. The van der Waals surface area contributed by atoms with E-state index in [9.17, 15) is 0 Å². The van der Waals surface area contributed by atoms with Gasteiger partial charge in [0.05, 0.1) is 11.6 Å². The summed E-state index contributed by atoms with van der Waals surface area (Å²) in [5.41, 5.74) is 4.23. The van der Waals surface area contributed by atoms with Crippen LogP contribution in [-0.4, -0.2) is 0 Å². The quantitative estimate of drug-likeness (QED) is 0.576. The molecular weight excluding hydrogens is 242 g/mol. The van der Waals surface area contributed by atoms with E-state index in [1.165, 1.54) is 11.1 Å². The normalized spacial score (nSPS) is 11.5. The molecule has 1 nitrogen and oxygen atoms in total. The SMILES string of the molecule is Cc1ccc(C/C=C/C(C#N)=C/c2ccccc2)cc1. The van der Waals surface area contributed by atoms with Gasteiger partial charge in [0.1, 0.15) is 0 Å². The molecule has 0 amide bonds. The highest BCUT2D eigenvalue weighted by Gasteiger charge is 1.92. The van der Waals surface area contributed by atoms with Gasteiger partial charge in [0.25, 0.3) is 0 Å². The summed E-state index contributed by atoms with van der Waals surface area (Å²) in [5.74, 6) is 0. The van der Waals surface area contributed by atoms with Crippen LogP contribution in [0, 0.1) is 18.3 Å². The Kier molecular flexibility index (Phi) is 4.92. The lowest BCUT2D eigenvalue weighted by Crippen LogP contribution is -1.82. The van der Waals surface area contributed by atoms with Gasteiger partial charge in [0.15, 0.2) is 0 Å². The van der Waals surface area contributed by atoms with Gasteiger partial charge in [-0.15, -0.1) is 0 Å². The zero-order chi connectivity index (χ0) is 14.2. The summed E-state index contributed by atoms with van der Waals surface area (Å²) in [4.78, 5) is 0. The minimum atomic E-state index is 0.670. The minimum absolute atomic E-state index is 0.670. The first-order chi connectivity index (χ1) is 9.78. The predicted molar refractivity (Wildman–Crippen MR) is 84.1 cm³/mol. The van der Waals surface area contributed by atoms with E-state index < -0.39 is 0 Å². The van der Waals surface area contributed by atoms with E-state index >= 15 is 0 Å². The maximum absolute atomic E-state index is 9.15. The van der Waals surface area contributed by atoms with Crippen molar-refractivity contribution in [1.29, 1.82) is 5.26 Å². The van der Waals surface area contributed by atoms with Crippen molar-refractivity contribution in [2.75, 3.05) is 0 Å². The highest BCUT2D eigenvalue weighted by atomic mass is 14.2. The fourth-order valence-electron chi connectivity index (χ4n) is 1.89. The molecule has 0 saturated heterocycles. The van der Waals surface area contributed by atoms with Crippen LogP contribution in [0.25, 0.3) is 6.08 Å². The van der Waals surface area contributed by atoms with Crippen molar-refractivity contribution in [1.82, 2.24) is 0 Å². The zero-order valence-corrected chi connectivity index (χ0v) is 11.6. The molecule has 0 heterocycles. The molecule has 98 valence electrons. The Hall–Kier alpha value is -2.59. The number of nitrogens with zero attached hydrogens (tertiary/aromatic N) is 1. The number of allylic oxidation sites excluding steroid dienone is 3. The number of nitriles is 1. The monoisotopic (exact) mass is 259 g/mol. The topological polar surface area (TPSA) is 23.8 Å². The van der Waals surface area contributed by atoms with Gasteiger partial charge in [-0.25, -0.2) is 0 Å². The Morgan fingerprint density at radius 2 is 1.75 bits per heavy atom. The van der Waals surface area contributed by atoms with Gasteiger partial charge in [0.2, 0.25) is 0 Å². The minimum Gasteiger partial charge on any atom is -0.192 e. The van der Waals surface area contributed by atoms with Crippen LogP contribution in [-0.2, 0) is 6.42 Å². The standard InChI is InChI=1S/C19H17N/c1-16-10-12-17(13-11-16)8-5-9-19(15-20)14-18-6-3-2-4-7-18/h2-7,9-14H,8H2,1H3/b9-5+,19-14-. The average Bonchev–Trinajstić information content (AvgIpc) is 2.49. The van der Waals surface area contributed by atoms with Gasteiger partial charge < -0.3 is 0 Å². The van der Waals surface area contributed by atoms with Gasteiger partial charge in [-0.05, 0) is 36.6 Å². The van der Waals surface area contributed by atoms with Crippen molar-refractivity contribution in [2.45, 2.75) is 13.3 Å². The molecule has 0 N–H and O–H groups in total. The van der Waals surface area contributed by atoms with Crippen LogP contribution >= 0.6 is 0 Å². The summed E-state index contributed by atoms with van der Waals surface area (Å²) in [6.45, 7) is 2.08. The van der Waals surface area contributed by atoms with Gasteiger partial charge in [-0.2, -0.15) is 5.26 Å². The van der Waals surface area contributed by atoms with Gasteiger partial charge in [0, 0.05) is 0 Å². The predicted octanol–water partition coefficient (Wildman–Crippen LogP) is 4.70. The Balaban J connectivity index is 2.03. The van der Waals surface area contributed by atoms with Crippen molar-refractivity contribution < 1.29 is 0 Å². The first-order valence-electron chi connectivity index (χ1n) is 6.67. The highest BCUT2D eigenvalue weighted by Crippen LogP contribution is 2.09. The fraction of sp³-hybridized carbons (Fsp3) is 0.105. The van der Waals surface area contributed by atoms with Crippen molar-refractivity contribution in [3.63, 3.8) is 0 Å². The lowest BCUT2D eigenvalue weighted by atomic mass is 10.1. The second kappa shape index (κ2) is 7.11. The molecule has 0 unspecified atom stereocenters. The van der Waals surface area contributed by atoms with Crippen LogP contribution < -0.4 is 0 Å². The van der Waals surface area contributed by atoms with Gasteiger partial charge >= 0.3 is 0 Å². The van der Waals surface area contributed by atoms with E-state index in [2.05, 4.69) is 37.3 Å². The van der Waals surface area contributed by atoms with E-state index in [1.807, 2.05) is 48.6 Å². The van der Waals surface area contributed by atoms with Crippen LogP contribution in [0.3, 0.4) is 0 Å². The van der Waals surface area contributed by atoms with E-state index in [4.69, 9.17) is 5.26 Å². The number of hydrogen-bond donors (Lipinski definition) is 0. The highest BCUT2D eigenvalue weighted by molar-refractivity contribution is 5.60. The molecule has 0 fully saturated rings. The average molecular weight is 259 g/mol. The molecule has 0 aromatic heterocycles. The molecule has 20 heavy (non-hydrogen) atoms. The summed E-state index contributed by atoms with van der Waals surface area (Å²) in [6.07, 6.45) is 6.65. The van der Waals surface area contributed by atoms with Crippen LogP contribution in [0.4, 0.5) is 0 Å². The van der Waals surface area contributed by atoms with Crippen molar-refractivity contribution in [3.8, 4) is 6.07 Å². The maximum atomic E-state index is 9.15. The summed E-state index contributed by atoms with van der Waals surface area (Å²) in [6, 6.07) is 20.6. The molecular formula is C19H17N. The van der Waals surface area contributed by atoms with E-state index in [1.54, 1.807) is 0 Å². The Morgan fingerprint density at radius 3 is 2.40 bits per heavy atom. The van der Waals surface area contributed by atoms with Crippen LogP contribution in [0.15, 0.2) is 72.3 Å². The second-order valence-corrected chi connectivity index (χ2v) is 4.71. The number of benzene rings is 2. The molecule has 2 aromatic carbocycles. The Labute approximate surface area is 120 Å². The molecule has 1 heteroatoms. The molecule has 0 spiro atoms. The molecule has 0 aliphatic rings. The largest absolute Gasteiger partial charge is 0.192 e. The summed E-state index contributed by atoms with van der Waals surface area (Å²) < 4.78 is 0. The zero-order valence-electron chi connectivity index (χ0n) is 11.6.